The molecule has 0 aliphatic rings. The van der Waals surface area contributed by atoms with Crippen LogP contribution in [0.3, 0.4) is 0 Å². The average molecular weight is 234 g/mol. The van der Waals surface area contributed by atoms with E-state index in [1.54, 1.807) is 23.6 Å². The Balaban J connectivity index is 2.38. The largest absolute Gasteiger partial charge is 0.477 e. The minimum atomic E-state index is -1.00. The maximum atomic E-state index is 10.9. The van der Waals surface area contributed by atoms with E-state index in [2.05, 4.69) is 0 Å². The highest BCUT2D eigenvalue weighted by molar-refractivity contribution is 7.12. The zero-order valence-electron chi connectivity index (χ0n) is 8.33. The predicted molar refractivity (Wildman–Crippen MR) is 61.8 cm³/mol. The molecular weight excluding hydrogens is 224 g/mol. The summed E-state index contributed by atoms with van der Waals surface area (Å²) in [5.74, 6) is -1.00. The van der Waals surface area contributed by atoms with Crippen LogP contribution in [0.2, 0.25) is 0 Å². The first-order chi connectivity index (χ1) is 7.70. The number of thiophene rings is 1. The second-order valence-electron chi connectivity index (χ2n) is 3.32. The summed E-state index contributed by atoms with van der Waals surface area (Å²) >= 11 is 1.12. The molecule has 1 aromatic heterocycles. The van der Waals surface area contributed by atoms with Gasteiger partial charge in [-0.15, -0.1) is 11.3 Å². The lowest BCUT2D eigenvalue weighted by Crippen LogP contribution is -2.04. The number of hydrogen-bond donors (Lipinski definition) is 2. The van der Waals surface area contributed by atoms with Gasteiger partial charge in [0.1, 0.15) is 11.0 Å². The van der Waals surface area contributed by atoms with Crippen molar-refractivity contribution >= 4 is 17.3 Å². The second kappa shape index (κ2) is 4.47. The number of rotatable bonds is 3. The SMILES string of the molecule is O=C(O)c1sccc1C(O)c1ccccc1. The summed E-state index contributed by atoms with van der Waals surface area (Å²) in [6, 6.07) is 10.7. The van der Waals surface area contributed by atoms with Gasteiger partial charge in [-0.2, -0.15) is 0 Å². The monoisotopic (exact) mass is 234 g/mol. The highest BCUT2D eigenvalue weighted by Gasteiger charge is 2.19. The Hall–Kier alpha value is -1.65. The van der Waals surface area contributed by atoms with Crippen LogP contribution in [0.25, 0.3) is 0 Å². The van der Waals surface area contributed by atoms with Gasteiger partial charge >= 0.3 is 5.97 Å². The van der Waals surface area contributed by atoms with Crippen molar-refractivity contribution in [2.75, 3.05) is 0 Å². The lowest BCUT2D eigenvalue weighted by atomic mass is 10.0. The smallest absolute Gasteiger partial charge is 0.346 e. The molecule has 1 aromatic carbocycles. The molecule has 0 aliphatic heterocycles. The molecule has 2 aromatic rings. The molecule has 16 heavy (non-hydrogen) atoms. The van der Waals surface area contributed by atoms with E-state index in [1.807, 2.05) is 18.2 Å². The molecule has 1 atom stereocenters. The van der Waals surface area contributed by atoms with Crippen LogP contribution in [0.5, 0.6) is 0 Å². The van der Waals surface area contributed by atoms with Gasteiger partial charge in [-0.1, -0.05) is 30.3 Å². The molecule has 1 heterocycles. The molecule has 0 fully saturated rings. The molecule has 0 aliphatic carbocycles. The summed E-state index contributed by atoms with van der Waals surface area (Å²) in [7, 11) is 0. The van der Waals surface area contributed by atoms with Crippen LogP contribution in [-0.4, -0.2) is 16.2 Å². The van der Waals surface area contributed by atoms with Crippen molar-refractivity contribution in [1.29, 1.82) is 0 Å². The molecule has 0 radical (unpaired) electrons. The Bertz CT molecular complexity index is 490. The number of carboxylic acids is 1. The second-order valence-corrected chi connectivity index (χ2v) is 4.24. The van der Waals surface area contributed by atoms with E-state index < -0.39 is 12.1 Å². The van der Waals surface area contributed by atoms with Crippen molar-refractivity contribution in [3.05, 3.63) is 57.8 Å². The Morgan fingerprint density at radius 2 is 1.88 bits per heavy atom. The lowest BCUT2D eigenvalue weighted by molar-refractivity contribution is 0.0697. The number of aliphatic hydroxyl groups is 1. The first kappa shape index (κ1) is 10.9. The lowest BCUT2D eigenvalue weighted by Gasteiger charge is -2.10. The van der Waals surface area contributed by atoms with Gasteiger partial charge in [0.15, 0.2) is 0 Å². The third-order valence-electron chi connectivity index (χ3n) is 2.30. The number of aliphatic hydroxyl groups excluding tert-OH is 1. The Kier molecular flexibility index (Phi) is 3.03. The Morgan fingerprint density at radius 3 is 2.50 bits per heavy atom. The van der Waals surface area contributed by atoms with E-state index in [9.17, 15) is 9.90 Å². The molecule has 4 heteroatoms. The summed E-state index contributed by atoms with van der Waals surface area (Å²) in [4.78, 5) is 11.1. The molecule has 0 amide bonds. The van der Waals surface area contributed by atoms with E-state index in [4.69, 9.17) is 5.11 Å². The van der Waals surface area contributed by atoms with E-state index in [-0.39, 0.29) is 4.88 Å². The normalized spacial score (nSPS) is 12.3. The van der Waals surface area contributed by atoms with Crippen LogP contribution in [0.4, 0.5) is 0 Å². The summed E-state index contributed by atoms with van der Waals surface area (Å²) in [5, 5.41) is 20.7. The topological polar surface area (TPSA) is 57.5 Å². The van der Waals surface area contributed by atoms with Gasteiger partial charge in [-0.05, 0) is 17.0 Å². The van der Waals surface area contributed by atoms with E-state index in [1.165, 1.54) is 0 Å². The molecule has 0 saturated carbocycles. The number of carbonyl (C=O) groups is 1. The van der Waals surface area contributed by atoms with Crippen LogP contribution >= 0.6 is 11.3 Å². The zero-order valence-corrected chi connectivity index (χ0v) is 9.15. The standard InChI is InChI=1S/C12H10O3S/c13-10(8-4-2-1-3-5-8)9-6-7-16-11(9)12(14)15/h1-7,10,13H,(H,14,15). The fourth-order valence-electron chi connectivity index (χ4n) is 1.52. The van der Waals surface area contributed by atoms with Gasteiger partial charge in [0, 0.05) is 5.56 Å². The van der Waals surface area contributed by atoms with E-state index in [0.29, 0.717) is 11.1 Å². The number of aromatic carboxylic acids is 1. The fraction of sp³-hybridized carbons (Fsp3) is 0.0833. The molecule has 3 nitrogen and oxygen atoms in total. The highest BCUT2D eigenvalue weighted by atomic mass is 32.1. The Labute approximate surface area is 96.6 Å². The minimum absolute atomic E-state index is 0.191. The maximum absolute atomic E-state index is 10.9. The number of hydrogen-bond acceptors (Lipinski definition) is 3. The molecule has 0 saturated heterocycles. The van der Waals surface area contributed by atoms with E-state index >= 15 is 0 Å². The Morgan fingerprint density at radius 1 is 1.19 bits per heavy atom. The van der Waals surface area contributed by atoms with Crippen molar-refractivity contribution in [1.82, 2.24) is 0 Å². The summed E-state index contributed by atoms with van der Waals surface area (Å²) in [6.07, 6.45) is -0.876. The van der Waals surface area contributed by atoms with Crippen LogP contribution in [0.1, 0.15) is 26.9 Å². The van der Waals surface area contributed by atoms with Gasteiger partial charge in [0.05, 0.1) is 0 Å². The number of carboxylic acid groups (broad SMARTS) is 1. The fourth-order valence-corrected chi connectivity index (χ4v) is 2.29. The molecule has 0 bridgehead atoms. The van der Waals surface area contributed by atoms with Crippen LogP contribution in [0.15, 0.2) is 41.8 Å². The molecular formula is C12H10O3S. The minimum Gasteiger partial charge on any atom is -0.477 e. The number of benzene rings is 1. The van der Waals surface area contributed by atoms with Crippen molar-refractivity contribution < 1.29 is 15.0 Å². The summed E-state index contributed by atoms with van der Waals surface area (Å²) < 4.78 is 0. The first-order valence-corrected chi connectivity index (χ1v) is 5.62. The van der Waals surface area contributed by atoms with Crippen molar-refractivity contribution in [2.45, 2.75) is 6.10 Å². The van der Waals surface area contributed by atoms with Gasteiger partial charge in [-0.25, -0.2) is 4.79 Å². The third kappa shape index (κ3) is 1.98. The van der Waals surface area contributed by atoms with E-state index in [0.717, 1.165) is 11.3 Å². The van der Waals surface area contributed by atoms with Crippen molar-refractivity contribution in [2.24, 2.45) is 0 Å². The van der Waals surface area contributed by atoms with Gasteiger partial charge in [0.25, 0.3) is 0 Å². The first-order valence-electron chi connectivity index (χ1n) is 4.74. The van der Waals surface area contributed by atoms with Crippen molar-refractivity contribution in [3.63, 3.8) is 0 Å². The third-order valence-corrected chi connectivity index (χ3v) is 3.22. The van der Waals surface area contributed by atoms with Gasteiger partial charge in [0.2, 0.25) is 0 Å². The van der Waals surface area contributed by atoms with Crippen LogP contribution in [-0.2, 0) is 0 Å². The highest BCUT2D eigenvalue weighted by Crippen LogP contribution is 2.28. The summed E-state index contributed by atoms with van der Waals surface area (Å²) in [6.45, 7) is 0. The molecule has 0 spiro atoms. The molecule has 2 N–H and O–H groups in total. The van der Waals surface area contributed by atoms with Crippen LogP contribution in [0, 0.1) is 0 Å². The van der Waals surface area contributed by atoms with Gasteiger partial charge in [-0.3, -0.25) is 0 Å². The quantitative estimate of drug-likeness (QED) is 0.858. The van der Waals surface area contributed by atoms with Crippen molar-refractivity contribution in [3.8, 4) is 0 Å². The molecule has 2 rings (SSSR count). The van der Waals surface area contributed by atoms with Gasteiger partial charge < -0.3 is 10.2 Å². The zero-order chi connectivity index (χ0) is 11.5. The maximum Gasteiger partial charge on any atom is 0.346 e. The summed E-state index contributed by atoms with van der Waals surface area (Å²) in [5.41, 5.74) is 1.15. The molecule has 82 valence electrons. The van der Waals surface area contributed by atoms with Crippen LogP contribution < -0.4 is 0 Å². The average Bonchev–Trinajstić information content (AvgIpc) is 2.78. The predicted octanol–water partition coefficient (Wildman–Crippen LogP) is 2.53. The molecule has 1 unspecified atom stereocenters.